The monoisotopic (exact) mass is 286 g/mol. The van der Waals surface area contributed by atoms with Gasteiger partial charge in [-0.3, -0.25) is 4.90 Å². The molecule has 1 aromatic heterocycles. The molecule has 0 radical (unpaired) electrons. The second kappa shape index (κ2) is 6.18. The molecule has 1 saturated heterocycles. The van der Waals surface area contributed by atoms with Crippen LogP contribution in [0.1, 0.15) is 36.6 Å². The zero-order valence-electron chi connectivity index (χ0n) is 11.9. The topological polar surface area (TPSA) is 55.0 Å². The summed E-state index contributed by atoms with van der Waals surface area (Å²) in [5.74, 6) is 0.121. The number of benzene rings is 1. The van der Waals surface area contributed by atoms with Crippen LogP contribution in [-0.2, 0) is 6.54 Å². The molecular formula is C16H19FN4. The van der Waals surface area contributed by atoms with Crippen LogP contribution in [0.3, 0.4) is 0 Å². The third-order valence-corrected chi connectivity index (χ3v) is 3.93. The van der Waals surface area contributed by atoms with Crippen LogP contribution in [0.15, 0.2) is 36.5 Å². The first-order chi connectivity index (χ1) is 10.2. The van der Waals surface area contributed by atoms with E-state index in [4.69, 9.17) is 5.73 Å². The molecule has 0 unspecified atom stereocenters. The first-order valence-corrected chi connectivity index (χ1v) is 7.29. The normalized spacial score (nSPS) is 19.6. The predicted octanol–water partition coefficient (Wildman–Crippen LogP) is 2.93. The lowest BCUT2D eigenvalue weighted by Gasteiger charge is -2.35. The number of hydrogen-bond acceptors (Lipinski definition) is 4. The highest BCUT2D eigenvalue weighted by Gasteiger charge is 2.25. The SMILES string of the molecule is Nc1nccc([C@@H]2CCCCN2Cc2cccc(F)c2)n1. The zero-order chi connectivity index (χ0) is 14.7. The van der Waals surface area contributed by atoms with E-state index in [1.807, 2.05) is 12.1 Å². The minimum absolute atomic E-state index is 0.188. The van der Waals surface area contributed by atoms with Gasteiger partial charge in [0.05, 0.1) is 11.7 Å². The molecule has 2 heterocycles. The molecule has 1 aliphatic heterocycles. The van der Waals surface area contributed by atoms with Gasteiger partial charge in [0.25, 0.3) is 0 Å². The molecule has 1 fully saturated rings. The Morgan fingerprint density at radius 3 is 3.00 bits per heavy atom. The summed E-state index contributed by atoms with van der Waals surface area (Å²) >= 11 is 0. The maximum atomic E-state index is 13.3. The number of piperidine rings is 1. The van der Waals surface area contributed by atoms with Gasteiger partial charge in [-0.1, -0.05) is 18.6 Å². The summed E-state index contributed by atoms with van der Waals surface area (Å²) < 4.78 is 13.3. The molecule has 21 heavy (non-hydrogen) atoms. The molecule has 1 aromatic carbocycles. The number of halogens is 1. The van der Waals surface area contributed by atoms with Crippen LogP contribution in [0.5, 0.6) is 0 Å². The van der Waals surface area contributed by atoms with Crippen molar-refractivity contribution < 1.29 is 4.39 Å². The zero-order valence-corrected chi connectivity index (χ0v) is 11.9. The van der Waals surface area contributed by atoms with E-state index in [9.17, 15) is 4.39 Å². The maximum Gasteiger partial charge on any atom is 0.220 e. The lowest BCUT2D eigenvalue weighted by atomic mass is 9.98. The fourth-order valence-electron chi connectivity index (χ4n) is 2.96. The Morgan fingerprint density at radius 1 is 1.29 bits per heavy atom. The second-order valence-electron chi connectivity index (χ2n) is 5.45. The van der Waals surface area contributed by atoms with Crippen LogP contribution < -0.4 is 5.73 Å². The van der Waals surface area contributed by atoms with Gasteiger partial charge in [0.1, 0.15) is 5.82 Å². The molecule has 2 aromatic rings. The van der Waals surface area contributed by atoms with Crippen molar-refractivity contribution in [3.05, 3.63) is 53.6 Å². The summed E-state index contributed by atoms with van der Waals surface area (Å²) in [5, 5.41) is 0. The van der Waals surface area contributed by atoms with Gasteiger partial charge in [-0.2, -0.15) is 0 Å². The first kappa shape index (κ1) is 13.9. The van der Waals surface area contributed by atoms with Gasteiger partial charge in [-0.25, -0.2) is 14.4 Å². The molecule has 0 amide bonds. The van der Waals surface area contributed by atoms with Crippen molar-refractivity contribution in [3.8, 4) is 0 Å². The van der Waals surface area contributed by atoms with Crippen molar-refractivity contribution in [1.82, 2.24) is 14.9 Å². The standard InChI is InChI=1S/C16H19FN4/c17-13-5-3-4-12(10-13)11-21-9-2-1-6-15(21)14-7-8-19-16(18)20-14/h3-5,7-8,10,15H,1-2,6,9,11H2,(H2,18,19,20)/t15-/m0/s1. The number of nitrogens with zero attached hydrogens (tertiary/aromatic N) is 3. The maximum absolute atomic E-state index is 13.3. The molecular weight excluding hydrogens is 267 g/mol. The summed E-state index contributed by atoms with van der Waals surface area (Å²) in [4.78, 5) is 10.7. The fourth-order valence-corrected chi connectivity index (χ4v) is 2.96. The number of likely N-dealkylation sites (tertiary alicyclic amines) is 1. The fraction of sp³-hybridized carbons (Fsp3) is 0.375. The summed E-state index contributed by atoms with van der Waals surface area (Å²) in [6.45, 7) is 1.72. The lowest BCUT2D eigenvalue weighted by Crippen LogP contribution is -2.33. The molecule has 2 N–H and O–H groups in total. The van der Waals surface area contributed by atoms with Crippen molar-refractivity contribution in [1.29, 1.82) is 0 Å². The van der Waals surface area contributed by atoms with Gasteiger partial charge in [0.15, 0.2) is 0 Å². The van der Waals surface area contributed by atoms with Crippen LogP contribution in [0.4, 0.5) is 10.3 Å². The first-order valence-electron chi connectivity index (χ1n) is 7.29. The van der Waals surface area contributed by atoms with Gasteiger partial charge in [0, 0.05) is 12.7 Å². The van der Waals surface area contributed by atoms with Gasteiger partial charge in [-0.05, 0) is 43.1 Å². The van der Waals surface area contributed by atoms with E-state index in [1.165, 1.54) is 12.5 Å². The van der Waals surface area contributed by atoms with E-state index in [1.54, 1.807) is 18.3 Å². The van der Waals surface area contributed by atoms with Crippen LogP contribution in [-0.4, -0.2) is 21.4 Å². The summed E-state index contributed by atoms with van der Waals surface area (Å²) in [6.07, 6.45) is 5.08. The van der Waals surface area contributed by atoms with Crippen molar-refractivity contribution in [2.24, 2.45) is 0 Å². The number of hydrogen-bond donors (Lipinski definition) is 1. The summed E-state index contributed by atoms with van der Waals surface area (Å²) in [6, 6.07) is 8.94. The highest BCUT2D eigenvalue weighted by Crippen LogP contribution is 2.31. The van der Waals surface area contributed by atoms with Crippen molar-refractivity contribution in [2.45, 2.75) is 31.8 Å². The molecule has 0 saturated carbocycles. The van der Waals surface area contributed by atoms with Crippen LogP contribution >= 0.6 is 0 Å². The second-order valence-corrected chi connectivity index (χ2v) is 5.45. The van der Waals surface area contributed by atoms with E-state index in [-0.39, 0.29) is 11.9 Å². The molecule has 0 aliphatic carbocycles. The summed E-state index contributed by atoms with van der Waals surface area (Å²) in [7, 11) is 0. The van der Waals surface area contributed by atoms with Gasteiger partial charge in [-0.15, -0.1) is 0 Å². The number of anilines is 1. The highest BCUT2D eigenvalue weighted by molar-refractivity contribution is 5.21. The van der Waals surface area contributed by atoms with Crippen LogP contribution in [0.25, 0.3) is 0 Å². The Hall–Kier alpha value is -2.01. The Kier molecular flexibility index (Phi) is 4.10. The van der Waals surface area contributed by atoms with E-state index < -0.39 is 0 Å². The van der Waals surface area contributed by atoms with E-state index >= 15 is 0 Å². The smallest absolute Gasteiger partial charge is 0.220 e. The van der Waals surface area contributed by atoms with Crippen molar-refractivity contribution in [3.63, 3.8) is 0 Å². The number of aromatic nitrogens is 2. The third kappa shape index (κ3) is 3.36. The Balaban J connectivity index is 1.81. The molecule has 5 heteroatoms. The summed E-state index contributed by atoms with van der Waals surface area (Å²) in [5.41, 5.74) is 7.64. The predicted molar refractivity (Wildman–Crippen MR) is 79.8 cm³/mol. The van der Waals surface area contributed by atoms with Gasteiger partial charge >= 0.3 is 0 Å². The van der Waals surface area contributed by atoms with E-state index in [0.717, 1.165) is 37.2 Å². The molecule has 3 rings (SSSR count). The molecule has 1 aliphatic rings. The Morgan fingerprint density at radius 2 is 2.19 bits per heavy atom. The van der Waals surface area contributed by atoms with Crippen LogP contribution in [0.2, 0.25) is 0 Å². The molecule has 1 atom stereocenters. The molecule has 4 nitrogen and oxygen atoms in total. The lowest BCUT2D eigenvalue weighted by molar-refractivity contribution is 0.137. The van der Waals surface area contributed by atoms with Gasteiger partial charge in [0.2, 0.25) is 5.95 Å². The van der Waals surface area contributed by atoms with Crippen LogP contribution in [0, 0.1) is 5.82 Å². The van der Waals surface area contributed by atoms with Crippen molar-refractivity contribution in [2.75, 3.05) is 12.3 Å². The quantitative estimate of drug-likeness (QED) is 0.942. The van der Waals surface area contributed by atoms with Gasteiger partial charge < -0.3 is 5.73 Å². The number of nitrogens with two attached hydrogens (primary N) is 1. The van der Waals surface area contributed by atoms with E-state index in [0.29, 0.717) is 5.95 Å². The average Bonchev–Trinajstić information content (AvgIpc) is 2.48. The van der Waals surface area contributed by atoms with Crippen molar-refractivity contribution >= 4 is 5.95 Å². The third-order valence-electron chi connectivity index (χ3n) is 3.93. The van der Waals surface area contributed by atoms with E-state index in [2.05, 4.69) is 14.9 Å². The minimum Gasteiger partial charge on any atom is -0.368 e. The Bertz CT molecular complexity index is 617. The number of nitrogen functional groups attached to an aromatic ring is 1. The number of rotatable bonds is 3. The Labute approximate surface area is 123 Å². The highest BCUT2D eigenvalue weighted by atomic mass is 19.1. The average molecular weight is 286 g/mol. The molecule has 0 bridgehead atoms. The molecule has 110 valence electrons. The largest absolute Gasteiger partial charge is 0.368 e. The minimum atomic E-state index is -0.188. The molecule has 0 spiro atoms.